The Hall–Kier alpha value is -2.88. The Balaban J connectivity index is 1.70. The van der Waals surface area contributed by atoms with E-state index in [4.69, 9.17) is 5.73 Å². The number of alkyl halides is 3. The van der Waals surface area contributed by atoms with Crippen molar-refractivity contribution < 1.29 is 32.3 Å². The monoisotopic (exact) mass is 495 g/mol. The highest BCUT2D eigenvalue weighted by Gasteiger charge is 2.48. The first-order chi connectivity index (χ1) is 16.5. The minimum Gasteiger partial charge on any atom is -0.428 e. The van der Waals surface area contributed by atoms with Gasteiger partial charge in [0.2, 0.25) is 11.6 Å². The predicted molar refractivity (Wildman–Crippen MR) is 122 cm³/mol. The molecule has 3 rings (SSSR count). The second kappa shape index (κ2) is 11.2. The lowest BCUT2D eigenvalue weighted by Gasteiger charge is -2.31. The van der Waals surface area contributed by atoms with Gasteiger partial charge in [0, 0.05) is 31.6 Å². The van der Waals surface area contributed by atoms with Crippen molar-refractivity contribution in [3.8, 4) is 0 Å². The lowest BCUT2D eigenvalue weighted by atomic mass is 9.84. The topological polar surface area (TPSA) is 102 Å². The highest BCUT2D eigenvalue weighted by Crippen LogP contribution is 2.28. The summed E-state index contributed by atoms with van der Waals surface area (Å²) in [4.78, 5) is 38.7. The minimum absolute atomic E-state index is 0.234. The van der Waals surface area contributed by atoms with E-state index < -0.39 is 29.8 Å². The summed E-state index contributed by atoms with van der Waals surface area (Å²) >= 11 is 0. The second-order valence-corrected chi connectivity index (χ2v) is 9.27. The van der Waals surface area contributed by atoms with Gasteiger partial charge in [-0.3, -0.25) is 15.3 Å². The van der Waals surface area contributed by atoms with Gasteiger partial charge in [0.1, 0.15) is 0 Å². The molecule has 3 N–H and O–H groups in total. The number of carbonyl (C=O) groups excluding carboxylic acids is 3. The first-order valence-electron chi connectivity index (χ1n) is 12.0. The van der Waals surface area contributed by atoms with E-state index in [1.807, 2.05) is 24.3 Å². The summed E-state index contributed by atoms with van der Waals surface area (Å²) in [5.74, 6) is -3.51. The molecule has 35 heavy (non-hydrogen) atoms. The number of hydrogen-bond acceptors (Lipinski definition) is 5. The maximum atomic E-state index is 12.9. The highest BCUT2D eigenvalue weighted by atomic mass is 19.4. The SMILES string of the molecule is CC[C@](N)(OC(=O)C(F)(F)F)C(=O)N[C@H](/C=C/C(=O)N1Cc2ccccc2C1)CC1CCCCC1. The van der Waals surface area contributed by atoms with Gasteiger partial charge < -0.3 is 15.0 Å². The molecule has 0 aromatic heterocycles. The largest absolute Gasteiger partial charge is 0.491 e. The average Bonchev–Trinajstić information content (AvgIpc) is 3.26. The summed E-state index contributed by atoms with van der Waals surface area (Å²) in [6.07, 6.45) is 2.96. The van der Waals surface area contributed by atoms with Crippen LogP contribution in [0.5, 0.6) is 0 Å². The molecule has 1 aliphatic carbocycles. The van der Waals surface area contributed by atoms with Gasteiger partial charge in [-0.2, -0.15) is 13.2 Å². The molecule has 192 valence electrons. The number of rotatable bonds is 8. The van der Waals surface area contributed by atoms with Crippen LogP contribution in [0.2, 0.25) is 0 Å². The molecule has 7 nitrogen and oxygen atoms in total. The van der Waals surface area contributed by atoms with Crippen molar-refractivity contribution in [2.45, 2.75) is 82.9 Å². The summed E-state index contributed by atoms with van der Waals surface area (Å²) in [6.45, 7) is 2.31. The van der Waals surface area contributed by atoms with Crippen LogP contribution in [-0.2, 0) is 32.2 Å². The smallest absolute Gasteiger partial charge is 0.428 e. The molecule has 1 saturated carbocycles. The van der Waals surface area contributed by atoms with Crippen molar-refractivity contribution in [1.29, 1.82) is 0 Å². The van der Waals surface area contributed by atoms with Crippen LogP contribution in [-0.4, -0.2) is 40.6 Å². The maximum Gasteiger partial charge on any atom is 0.491 e. The van der Waals surface area contributed by atoms with Crippen molar-refractivity contribution in [1.82, 2.24) is 10.2 Å². The normalized spacial score (nSPS) is 19.2. The molecule has 1 heterocycles. The molecule has 2 atom stereocenters. The van der Waals surface area contributed by atoms with Gasteiger partial charge in [0.05, 0.1) is 0 Å². The quantitative estimate of drug-likeness (QED) is 0.325. The number of carbonyl (C=O) groups is 3. The molecule has 0 spiro atoms. The van der Waals surface area contributed by atoms with E-state index in [1.165, 1.54) is 13.0 Å². The van der Waals surface area contributed by atoms with Crippen LogP contribution in [0.1, 0.15) is 63.0 Å². The van der Waals surface area contributed by atoms with Gasteiger partial charge in [-0.1, -0.05) is 69.4 Å². The fraction of sp³-hybridized carbons (Fsp3) is 0.560. The number of esters is 1. The third kappa shape index (κ3) is 7.06. The number of fused-ring (bicyclic) bond motifs is 1. The molecule has 1 aromatic rings. The van der Waals surface area contributed by atoms with E-state index >= 15 is 0 Å². The van der Waals surface area contributed by atoms with Crippen LogP contribution in [0, 0.1) is 5.92 Å². The molecule has 2 aliphatic rings. The molecular formula is C25H32F3N3O4. The molecule has 0 radical (unpaired) electrons. The van der Waals surface area contributed by atoms with Crippen LogP contribution in [0.3, 0.4) is 0 Å². The maximum absolute atomic E-state index is 12.9. The van der Waals surface area contributed by atoms with Crippen molar-refractivity contribution in [2.75, 3.05) is 0 Å². The summed E-state index contributed by atoms with van der Waals surface area (Å²) < 4.78 is 42.4. The molecular weight excluding hydrogens is 463 g/mol. The van der Waals surface area contributed by atoms with Crippen molar-refractivity contribution in [3.05, 3.63) is 47.5 Å². The van der Waals surface area contributed by atoms with E-state index in [1.54, 1.807) is 11.0 Å². The van der Waals surface area contributed by atoms with Crippen molar-refractivity contribution in [3.63, 3.8) is 0 Å². The zero-order valence-corrected chi connectivity index (χ0v) is 19.8. The molecule has 10 heteroatoms. The molecule has 1 aromatic carbocycles. The summed E-state index contributed by atoms with van der Waals surface area (Å²) in [5, 5.41) is 2.61. The molecule has 0 bridgehead atoms. The third-order valence-electron chi connectivity index (χ3n) is 6.67. The van der Waals surface area contributed by atoms with Gasteiger partial charge in [0.15, 0.2) is 0 Å². The molecule has 1 aliphatic heterocycles. The highest BCUT2D eigenvalue weighted by molar-refractivity contribution is 5.90. The van der Waals surface area contributed by atoms with Gasteiger partial charge in [-0.25, -0.2) is 4.79 Å². The Morgan fingerprint density at radius 3 is 2.29 bits per heavy atom. The lowest BCUT2D eigenvalue weighted by Crippen LogP contribution is -2.59. The fourth-order valence-corrected chi connectivity index (χ4v) is 4.55. The summed E-state index contributed by atoms with van der Waals surface area (Å²) in [7, 11) is 0. The Bertz CT molecular complexity index is 935. The number of benzene rings is 1. The van der Waals surface area contributed by atoms with Crippen LogP contribution >= 0.6 is 0 Å². The fourth-order valence-electron chi connectivity index (χ4n) is 4.55. The number of ether oxygens (including phenoxy) is 1. The zero-order valence-electron chi connectivity index (χ0n) is 19.8. The Morgan fingerprint density at radius 2 is 1.74 bits per heavy atom. The number of nitrogens with zero attached hydrogens (tertiary/aromatic N) is 1. The number of hydrogen-bond donors (Lipinski definition) is 2. The molecule has 2 amide bonds. The van der Waals surface area contributed by atoms with Gasteiger partial charge in [0.25, 0.3) is 5.91 Å². The van der Waals surface area contributed by atoms with Gasteiger partial charge >= 0.3 is 12.1 Å². The van der Waals surface area contributed by atoms with Crippen LogP contribution in [0.4, 0.5) is 13.2 Å². The zero-order chi connectivity index (χ0) is 25.6. The lowest BCUT2D eigenvalue weighted by molar-refractivity contribution is -0.214. The van der Waals surface area contributed by atoms with Crippen LogP contribution in [0.25, 0.3) is 0 Å². The van der Waals surface area contributed by atoms with Gasteiger partial charge in [-0.05, 0) is 23.5 Å². The van der Waals surface area contributed by atoms with E-state index in [0.29, 0.717) is 19.5 Å². The average molecular weight is 496 g/mol. The predicted octanol–water partition coefficient (Wildman–Crippen LogP) is 3.71. The second-order valence-electron chi connectivity index (χ2n) is 9.27. The van der Waals surface area contributed by atoms with Crippen molar-refractivity contribution in [2.24, 2.45) is 11.7 Å². The summed E-state index contributed by atoms with van der Waals surface area (Å²) in [6, 6.07) is 7.10. The molecule has 0 unspecified atom stereocenters. The van der Waals surface area contributed by atoms with Crippen LogP contribution in [0.15, 0.2) is 36.4 Å². The van der Waals surface area contributed by atoms with Gasteiger partial charge in [-0.15, -0.1) is 0 Å². The number of nitrogens with two attached hydrogens (primary N) is 1. The minimum atomic E-state index is -5.28. The van der Waals surface area contributed by atoms with E-state index in [-0.39, 0.29) is 18.2 Å². The number of halogens is 3. The first-order valence-corrected chi connectivity index (χ1v) is 12.0. The molecule has 1 fully saturated rings. The Labute approximate surface area is 202 Å². The Kier molecular flexibility index (Phi) is 8.58. The first kappa shape index (κ1) is 26.7. The number of amides is 2. The van der Waals surface area contributed by atoms with Crippen LogP contribution < -0.4 is 11.1 Å². The third-order valence-corrected chi connectivity index (χ3v) is 6.67. The van der Waals surface area contributed by atoms with E-state index in [9.17, 15) is 27.6 Å². The van der Waals surface area contributed by atoms with E-state index in [0.717, 1.165) is 43.2 Å². The summed E-state index contributed by atoms with van der Waals surface area (Å²) in [5.41, 5.74) is 5.44. The standard InChI is InChI=1S/C25H32F3N3O4/c1-2-24(29,35-23(34)25(26,27)28)22(33)30-20(14-17-8-4-3-5-9-17)12-13-21(32)31-15-18-10-6-7-11-19(18)16-31/h6-7,10-13,17,20H,2-5,8-9,14-16,29H2,1H3,(H,30,33)/b13-12+/t20-,24+/m1/s1. The van der Waals surface area contributed by atoms with E-state index in [2.05, 4.69) is 10.1 Å². The molecule has 0 saturated heterocycles. The Morgan fingerprint density at radius 1 is 1.14 bits per heavy atom. The number of nitrogens with one attached hydrogen (secondary N) is 1. The van der Waals surface area contributed by atoms with Crippen molar-refractivity contribution >= 4 is 17.8 Å².